The number of aromatic nitrogens is 3. The number of nitrogens with zero attached hydrogens (tertiary/aromatic N) is 3. The van der Waals surface area contributed by atoms with Gasteiger partial charge in [0.25, 0.3) is 11.8 Å². The lowest BCUT2D eigenvalue weighted by Crippen LogP contribution is -2.28. The molecule has 0 saturated heterocycles. The monoisotopic (exact) mass is 539 g/mol. The first kappa shape index (κ1) is 25.7. The van der Waals surface area contributed by atoms with Gasteiger partial charge in [0.05, 0.1) is 12.6 Å². The molecule has 0 saturated carbocycles. The van der Waals surface area contributed by atoms with E-state index in [9.17, 15) is 27.6 Å². The molecule has 2 aromatic carbocycles. The van der Waals surface area contributed by atoms with Crippen molar-refractivity contribution in [2.45, 2.75) is 32.5 Å². The highest BCUT2D eigenvalue weighted by molar-refractivity contribution is 5.98. The van der Waals surface area contributed by atoms with Gasteiger partial charge in [0.1, 0.15) is 22.9 Å². The molecule has 2 aromatic heterocycles. The molecule has 3 heterocycles. The van der Waals surface area contributed by atoms with E-state index in [-0.39, 0.29) is 48.3 Å². The summed E-state index contributed by atoms with van der Waals surface area (Å²) in [6.45, 7) is 0.604. The van der Waals surface area contributed by atoms with Gasteiger partial charge in [0, 0.05) is 31.6 Å². The quantitative estimate of drug-likeness (QED) is 0.260. The van der Waals surface area contributed by atoms with Crippen LogP contribution in [0.25, 0.3) is 5.65 Å². The summed E-state index contributed by atoms with van der Waals surface area (Å²) in [7, 11) is 0. The highest BCUT2D eigenvalue weighted by Gasteiger charge is 2.24. The van der Waals surface area contributed by atoms with Crippen LogP contribution >= 0.6 is 0 Å². The summed E-state index contributed by atoms with van der Waals surface area (Å²) in [5, 5.41) is 9.08. The average molecular weight is 539 g/mol. The van der Waals surface area contributed by atoms with Crippen LogP contribution in [0, 0.1) is 5.82 Å². The average Bonchev–Trinajstić information content (AvgIpc) is 3.45. The molecular formula is C26H20F3N5O5. The third-order valence-electron chi connectivity index (χ3n) is 5.68. The first-order valence-corrected chi connectivity index (χ1v) is 11.6. The summed E-state index contributed by atoms with van der Waals surface area (Å²) in [6.07, 6.45) is -2.38. The molecule has 0 bridgehead atoms. The Morgan fingerprint density at radius 2 is 1.82 bits per heavy atom. The fraction of sp³-hybridized carbons (Fsp3) is 0.192. The number of benzene rings is 2. The molecule has 4 aromatic rings. The molecule has 200 valence electrons. The SMILES string of the molecule is CC(F)(F)Oc1cccc(CNC(=O)c2cc(C(=O)NCc3ccc4c(c3)CC(=O)O4)nc3c(F)cnn23)c1. The van der Waals surface area contributed by atoms with E-state index in [1.54, 1.807) is 24.3 Å². The minimum absolute atomic E-state index is 0.0751. The number of alkyl halides is 2. The predicted octanol–water partition coefficient (Wildman–Crippen LogP) is 3.18. The van der Waals surface area contributed by atoms with Crippen LogP contribution in [0.4, 0.5) is 13.2 Å². The van der Waals surface area contributed by atoms with Crippen molar-refractivity contribution in [2.24, 2.45) is 0 Å². The van der Waals surface area contributed by atoms with Crippen molar-refractivity contribution < 1.29 is 37.0 Å². The number of rotatable bonds is 8. The third kappa shape index (κ3) is 5.81. The molecule has 1 aliphatic rings. The van der Waals surface area contributed by atoms with Crippen molar-refractivity contribution in [3.63, 3.8) is 0 Å². The molecule has 39 heavy (non-hydrogen) atoms. The summed E-state index contributed by atoms with van der Waals surface area (Å²) in [5.74, 6) is -2.21. The molecule has 13 heteroatoms. The van der Waals surface area contributed by atoms with Gasteiger partial charge in [-0.15, -0.1) is 0 Å². The summed E-state index contributed by atoms with van der Waals surface area (Å²) < 4.78 is 51.2. The van der Waals surface area contributed by atoms with Crippen LogP contribution in [-0.4, -0.2) is 38.5 Å². The number of amides is 2. The number of esters is 1. The summed E-state index contributed by atoms with van der Waals surface area (Å²) >= 11 is 0. The Hall–Kier alpha value is -4.94. The third-order valence-corrected chi connectivity index (χ3v) is 5.68. The van der Waals surface area contributed by atoms with Gasteiger partial charge in [-0.2, -0.15) is 13.9 Å². The Morgan fingerprint density at radius 1 is 1.08 bits per heavy atom. The van der Waals surface area contributed by atoms with Gasteiger partial charge in [-0.1, -0.05) is 18.2 Å². The molecule has 0 spiro atoms. The first-order chi connectivity index (χ1) is 18.6. The zero-order chi connectivity index (χ0) is 27.7. The molecule has 10 nitrogen and oxygen atoms in total. The van der Waals surface area contributed by atoms with Crippen molar-refractivity contribution in [2.75, 3.05) is 0 Å². The van der Waals surface area contributed by atoms with E-state index in [2.05, 4.69) is 25.5 Å². The molecule has 2 amide bonds. The Labute approximate surface area is 218 Å². The van der Waals surface area contributed by atoms with Gasteiger partial charge in [0.2, 0.25) is 0 Å². The largest absolute Gasteiger partial charge is 0.433 e. The van der Waals surface area contributed by atoms with Crippen LogP contribution in [0.15, 0.2) is 54.7 Å². The van der Waals surface area contributed by atoms with Gasteiger partial charge in [-0.05, 0) is 35.4 Å². The van der Waals surface area contributed by atoms with Crippen LogP contribution in [0.5, 0.6) is 11.5 Å². The lowest BCUT2D eigenvalue weighted by Gasteiger charge is -2.14. The van der Waals surface area contributed by atoms with Crippen molar-refractivity contribution >= 4 is 23.4 Å². The highest BCUT2D eigenvalue weighted by atomic mass is 19.3. The molecule has 0 radical (unpaired) electrons. The number of halogens is 3. The van der Waals surface area contributed by atoms with E-state index >= 15 is 0 Å². The Balaban J connectivity index is 1.31. The fourth-order valence-corrected chi connectivity index (χ4v) is 3.98. The molecule has 0 atom stereocenters. The van der Waals surface area contributed by atoms with Crippen LogP contribution < -0.4 is 20.1 Å². The van der Waals surface area contributed by atoms with Crippen molar-refractivity contribution in [3.8, 4) is 11.5 Å². The Kier molecular flexibility index (Phi) is 6.64. The van der Waals surface area contributed by atoms with Crippen molar-refractivity contribution in [3.05, 3.63) is 88.6 Å². The van der Waals surface area contributed by atoms with Gasteiger partial charge < -0.3 is 20.1 Å². The maximum absolute atomic E-state index is 14.3. The minimum Gasteiger partial charge on any atom is -0.433 e. The maximum atomic E-state index is 14.3. The minimum atomic E-state index is -3.38. The molecule has 0 aliphatic carbocycles. The maximum Gasteiger partial charge on any atom is 0.394 e. The standard InChI is InChI=1S/C26H20F3N5O5/c1-26(28,29)39-17-4-2-3-14(8-17)11-31-25(37)20-10-19(33-23-18(27)13-32-34(20)23)24(36)30-12-15-5-6-21-16(7-15)9-22(35)38-21/h2-8,10,13H,9,11-12H2,1H3,(H,30,36)(H,31,37). The number of hydrogen-bond acceptors (Lipinski definition) is 7. The van der Waals surface area contributed by atoms with E-state index in [1.807, 2.05) is 0 Å². The van der Waals surface area contributed by atoms with Crippen LogP contribution in [0.2, 0.25) is 0 Å². The number of nitrogens with one attached hydrogen (secondary N) is 2. The molecule has 0 unspecified atom stereocenters. The lowest BCUT2D eigenvalue weighted by molar-refractivity contribution is -0.159. The summed E-state index contributed by atoms with van der Waals surface area (Å²) in [5.41, 5.74) is 1.12. The van der Waals surface area contributed by atoms with E-state index in [1.165, 1.54) is 18.2 Å². The second-order valence-electron chi connectivity index (χ2n) is 8.77. The number of carbonyl (C=O) groups is 3. The Morgan fingerprint density at radius 3 is 2.59 bits per heavy atom. The van der Waals surface area contributed by atoms with Gasteiger partial charge in [-0.25, -0.2) is 13.9 Å². The number of fused-ring (bicyclic) bond motifs is 2. The molecule has 1 aliphatic heterocycles. The van der Waals surface area contributed by atoms with E-state index < -0.39 is 23.7 Å². The van der Waals surface area contributed by atoms with Crippen LogP contribution in [0.1, 0.15) is 44.6 Å². The second-order valence-corrected chi connectivity index (χ2v) is 8.77. The summed E-state index contributed by atoms with van der Waals surface area (Å²) in [6, 6.07) is 12.0. The van der Waals surface area contributed by atoms with Crippen LogP contribution in [0.3, 0.4) is 0 Å². The molecule has 5 rings (SSSR count). The van der Waals surface area contributed by atoms with Crippen LogP contribution in [-0.2, 0) is 24.3 Å². The first-order valence-electron chi connectivity index (χ1n) is 11.6. The number of carbonyl (C=O) groups excluding carboxylic acids is 3. The Bertz CT molecular complexity index is 1620. The predicted molar refractivity (Wildman–Crippen MR) is 129 cm³/mol. The summed E-state index contributed by atoms with van der Waals surface area (Å²) in [4.78, 5) is 41.3. The van der Waals surface area contributed by atoms with Crippen molar-refractivity contribution in [1.29, 1.82) is 0 Å². The van der Waals surface area contributed by atoms with Gasteiger partial charge in [-0.3, -0.25) is 14.4 Å². The van der Waals surface area contributed by atoms with Gasteiger partial charge >= 0.3 is 12.1 Å². The topological polar surface area (TPSA) is 124 Å². The fourth-order valence-electron chi connectivity index (χ4n) is 3.98. The van der Waals surface area contributed by atoms with E-state index in [0.29, 0.717) is 29.4 Å². The number of hydrogen-bond donors (Lipinski definition) is 2. The van der Waals surface area contributed by atoms with Gasteiger partial charge in [0.15, 0.2) is 11.5 Å². The number of ether oxygens (including phenoxy) is 2. The smallest absolute Gasteiger partial charge is 0.394 e. The highest BCUT2D eigenvalue weighted by Crippen LogP contribution is 2.27. The normalized spacial score (nSPS) is 12.7. The lowest BCUT2D eigenvalue weighted by atomic mass is 10.1. The van der Waals surface area contributed by atoms with E-state index in [4.69, 9.17) is 4.74 Å². The molecule has 0 fully saturated rings. The second kappa shape index (κ2) is 10.1. The van der Waals surface area contributed by atoms with Crippen molar-refractivity contribution in [1.82, 2.24) is 25.2 Å². The molecule has 2 N–H and O–H groups in total. The zero-order valence-electron chi connectivity index (χ0n) is 20.3. The zero-order valence-corrected chi connectivity index (χ0v) is 20.3. The van der Waals surface area contributed by atoms with E-state index in [0.717, 1.165) is 16.8 Å². The molecular weight excluding hydrogens is 519 g/mol.